The molecule has 130 valence electrons. The molecule has 0 unspecified atom stereocenters. The van der Waals surface area contributed by atoms with Crippen molar-refractivity contribution in [3.8, 4) is 0 Å². The van der Waals surface area contributed by atoms with Crippen LogP contribution < -0.4 is 0 Å². The number of ether oxygens (including phenoxy) is 1. The highest BCUT2D eigenvalue weighted by Crippen LogP contribution is 2.13. The Morgan fingerprint density at radius 2 is 2.08 bits per heavy atom. The molecule has 0 bridgehead atoms. The number of rotatable bonds is 9. The Morgan fingerprint density at radius 1 is 1.25 bits per heavy atom. The summed E-state index contributed by atoms with van der Waals surface area (Å²) in [5, 5.41) is 0. The van der Waals surface area contributed by atoms with E-state index in [0.29, 0.717) is 26.1 Å². The maximum absolute atomic E-state index is 12.4. The topological polar surface area (TPSA) is 34.5 Å². The molecule has 24 heavy (non-hydrogen) atoms. The quantitative estimate of drug-likeness (QED) is 0.704. The number of carbonyl (C=O) groups is 1. The molecule has 0 N–H and O–H groups in total. The molecule has 0 atom stereocenters. The van der Waals surface area contributed by atoms with E-state index in [2.05, 4.69) is 48.0 Å². The van der Waals surface area contributed by atoms with Crippen LogP contribution in [0, 0.1) is 6.92 Å². The number of benzene rings is 1. The summed E-state index contributed by atoms with van der Waals surface area (Å²) >= 11 is 0. The minimum Gasteiger partial charge on any atom is -0.383 e. The van der Waals surface area contributed by atoms with Crippen LogP contribution in [0.15, 0.2) is 42.6 Å². The van der Waals surface area contributed by atoms with Gasteiger partial charge in [0.2, 0.25) is 5.91 Å². The summed E-state index contributed by atoms with van der Waals surface area (Å²) in [6.45, 7) is 6.78. The SMILES string of the molecule is CCCC(=O)N(CCOC)Cc1cccn1Cc1cccc(C)c1. The van der Waals surface area contributed by atoms with Crippen molar-refractivity contribution < 1.29 is 9.53 Å². The van der Waals surface area contributed by atoms with E-state index in [4.69, 9.17) is 4.74 Å². The van der Waals surface area contributed by atoms with Gasteiger partial charge in [0, 0.05) is 38.5 Å². The fourth-order valence-electron chi connectivity index (χ4n) is 2.82. The molecule has 0 spiro atoms. The Morgan fingerprint density at radius 3 is 2.79 bits per heavy atom. The lowest BCUT2D eigenvalue weighted by Crippen LogP contribution is -2.34. The summed E-state index contributed by atoms with van der Waals surface area (Å²) in [5.41, 5.74) is 3.69. The first-order valence-corrected chi connectivity index (χ1v) is 8.60. The van der Waals surface area contributed by atoms with Crippen LogP contribution in [0.3, 0.4) is 0 Å². The monoisotopic (exact) mass is 328 g/mol. The molecule has 1 aromatic carbocycles. The van der Waals surface area contributed by atoms with Crippen molar-refractivity contribution in [2.45, 2.75) is 39.8 Å². The van der Waals surface area contributed by atoms with Crippen molar-refractivity contribution in [1.82, 2.24) is 9.47 Å². The van der Waals surface area contributed by atoms with Gasteiger partial charge in [-0.05, 0) is 31.0 Å². The van der Waals surface area contributed by atoms with Crippen molar-refractivity contribution in [2.75, 3.05) is 20.3 Å². The second kappa shape index (κ2) is 9.28. The fraction of sp³-hybridized carbons (Fsp3) is 0.450. The average molecular weight is 328 g/mol. The average Bonchev–Trinajstić information content (AvgIpc) is 2.98. The molecule has 4 heteroatoms. The predicted molar refractivity (Wildman–Crippen MR) is 96.9 cm³/mol. The molecular weight excluding hydrogens is 300 g/mol. The van der Waals surface area contributed by atoms with Crippen LogP contribution in [0.1, 0.15) is 36.6 Å². The molecule has 4 nitrogen and oxygen atoms in total. The lowest BCUT2D eigenvalue weighted by Gasteiger charge is -2.23. The van der Waals surface area contributed by atoms with Crippen LogP contribution in [0.25, 0.3) is 0 Å². The molecule has 0 aliphatic carbocycles. The largest absolute Gasteiger partial charge is 0.383 e. The highest BCUT2D eigenvalue weighted by atomic mass is 16.5. The van der Waals surface area contributed by atoms with Gasteiger partial charge >= 0.3 is 0 Å². The Labute approximate surface area is 145 Å². The van der Waals surface area contributed by atoms with Gasteiger partial charge in [-0.1, -0.05) is 36.8 Å². The summed E-state index contributed by atoms with van der Waals surface area (Å²) in [7, 11) is 1.67. The number of hydrogen-bond donors (Lipinski definition) is 0. The molecule has 2 aromatic rings. The molecule has 2 rings (SSSR count). The summed E-state index contributed by atoms with van der Waals surface area (Å²) in [5.74, 6) is 0.192. The molecule has 0 fully saturated rings. The van der Waals surface area contributed by atoms with Gasteiger partial charge in [0.05, 0.1) is 13.2 Å². The van der Waals surface area contributed by atoms with Gasteiger partial charge in [0.15, 0.2) is 0 Å². The number of aryl methyl sites for hydroxylation is 1. The number of amides is 1. The van der Waals surface area contributed by atoms with E-state index in [0.717, 1.165) is 18.7 Å². The smallest absolute Gasteiger partial charge is 0.222 e. The zero-order valence-corrected chi connectivity index (χ0v) is 15.0. The second-order valence-electron chi connectivity index (χ2n) is 6.17. The number of hydrogen-bond acceptors (Lipinski definition) is 2. The number of nitrogens with zero attached hydrogens (tertiary/aromatic N) is 2. The highest BCUT2D eigenvalue weighted by molar-refractivity contribution is 5.76. The molecular formula is C20H28N2O2. The normalized spacial score (nSPS) is 10.8. The maximum Gasteiger partial charge on any atom is 0.222 e. The van der Waals surface area contributed by atoms with Crippen molar-refractivity contribution in [3.63, 3.8) is 0 Å². The van der Waals surface area contributed by atoms with E-state index in [1.54, 1.807) is 7.11 Å². The number of methoxy groups -OCH3 is 1. The zero-order chi connectivity index (χ0) is 17.4. The van der Waals surface area contributed by atoms with Crippen LogP contribution in [-0.2, 0) is 22.6 Å². The van der Waals surface area contributed by atoms with Gasteiger partial charge in [-0.15, -0.1) is 0 Å². The molecule has 0 aliphatic rings. The van der Waals surface area contributed by atoms with E-state index in [1.165, 1.54) is 11.1 Å². The molecule has 0 radical (unpaired) electrons. The van der Waals surface area contributed by atoms with Crippen molar-refractivity contribution in [1.29, 1.82) is 0 Å². The van der Waals surface area contributed by atoms with Crippen LogP contribution in [0.5, 0.6) is 0 Å². The van der Waals surface area contributed by atoms with E-state index in [9.17, 15) is 4.79 Å². The first-order chi connectivity index (χ1) is 11.6. The van der Waals surface area contributed by atoms with Crippen molar-refractivity contribution >= 4 is 5.91 Å². The first-order valence-electron chi connectivity index (χ1n) is 8.60. The third kappa shape index (κ3) is 5.24. The highest BCUT2D eigenvalue weighted by Gasteiger charge is 2.14. The first kappa shape index (κ1) is 18.3. The molecule has 1 aromatic heterocycles. The Balaban J connectivity index is 2.10. The Hall–Kier alpha value is -2.07. The predicted octanol–water partition coefficient (Wildman–Crippen LogP) is 3.62. The van der Waals surface area contributed by atoms with Gasteiger partial charge in [0.25, 0.3) is 0 Å². The van der Waals surface area contributed by atoms with E-state index in [-0.39, 0.29) is 5.91 Å². The fourth-order valence-corrected chi connectivity index (χ4v) is 2.82. The van der Waals surface area contributed by atoms with Gasteiger partial charge < -0.3 is 14.2 Å². The molecule has 0 aliphatic heterocycles. The van der Waals surface area contributed by atoms with Gasteiger partial charge in [-0.2, -0.15) is 0 Å². The Kier molecular flexibility index (Phi) is 7.07. The summed E-state index contributed by atoms with van der Waals surface area (Å²) in [6.07, 6.45) is 3.53. The van der Waals surface area contributed by atoms with Crippen LogP contribution in [0.2, 0.25) is 0 Å². The molecule has 0 saturated carbocycles. The summed E-state index contributed by atoms with van der Waals surface area (Å²) < 4.78 is 7.37. The van der Waals surface area contributed by atoms with Crippen LogP contribution in [-0.4, -0.2) is 35.6 Å². The van der Waals surface area contributed by atoms with Gasteiger partial charge in [0.1, 0.15) is 0 Å². The minimum absolute atomic E-state index is 0.192. The molecule has 1 heterocycles. The Bertz CT molecular complexity index is 649. The van der Waals surface area contributed by atoms with Gasteiger partial charge in [-0.25, -0.2) is 0 Å². The van der Waals surface area contributed by atoms with Crippen LogP contribution >= 0.6 is 0 Å². The zero-order valence-electron chi connectivity index (χ0n) is 15.0. The minimum atomic E-state index is 0.192. The standard InChI is InChI=1S/C20H28N2O2/c1-4-7-20(23)22(12-13-24-3)16-19-10-6-11-21(19)15-18-9-5-8-17(2)14-18/h5-6,8-11,14H,4,7,12-13,15-16H2,1-3H3. The van der Waals surface area contributed by atoms with Crippen molar-refractivity contribution in [3.05, 3.63) is 59.4 Å². The van der Waals surface area contributed by atoms with Crippen LogP contribution in [0.4, 0.5) is 0 Å². The summed E-state index contributed by atoms with van der Waals surface area (Å²) in [6, 6.07) is 12.7. The van der Waals surface area contributed by atoms with E-state index in [1.807, 2.05) is 17.9 Å². The molecule has 1 amide bonds. The number of carbonyl (C=O) groups excluding carboxylic acids is 1. The van der Waals surface area contributed by atoms with E-state index >= 15 is 0 Å². The second-order valence-corrected chi connectivity index (χ2v) is 6.17. The lowest BCUT2D eigenvalue weighted by atomic mass is 10.1. The lowest BCUT2D eigenvalue weighted by molar-refractivity contribution is -0.132. The van der Waals surface area contributed by atoms with Gasteiger partial charge in [-0.3, -0.25) is 4.79 Å². The van der Waals surface area contributed by atoms with E-state index < -0.39 is 0 Å². The van der Waals surface area contributed by atoms with Crippen molar-refractivity contribution in [2.24, 2.45) is 0 Å². The molecule has 0 saturated heterocycles. The summed E-state index contributed by atoms with van der Waals surface area (Å²) in [4.78, 5) is 14.2. The third-order valence-electron chi connectivity index (χ3n) is 4.09. The maximum atomic E-state index is 12.4. The number of aromatic nitrogens is 1. The third-order valence-corrected chi connectivity index (χ3v) is 4.09.